The first kappa shape index (κ1) is 20.0. The fourth-order valence-electron chi connectivity index (χ4n) is 3.40. The third kappa shape index (κ3) is 3.77. The number of amides is 3. The average molecular weight is 388 g/mol. The van der Waals surface area contributed by atoms with Gasteiger partial charge in [0.05, 0.1) is 24.3 Å². The summed E-state index contributed by atoms with van der Waals surface area (Å²) in [5.74, 6) is -2.40. The number of nitrogens with zero attached hydrogens (tertiary/aromatic N) is 2. The third-order valence-corrected chi connectivity index (χ3v) is 5.23. The van der Waals surface area contributed by atoms with Crippen molar-refractivity contribution in [2.75, 3.05) is 32.9 Å². The van der Waals surface area contributed by atoms with E-state index < -0.39 is 30.4 Å². The van der Waals surface area contributed by atoms with E-state index in [-0.39, 0.29) is 23.0 Å². The van der Waals surface area contributed by atoms with Crippen LogP contribution in [0.3, 0.4) is 0 Å². The van der Waals surface area contributed by atoms with Crippen molar-refractivity contribution in [2.45, 2.75) is 26.3 Å². The van der Waals surface area contributed by atoms with Gasteiger partial charge in [-0.1, -0.05) is 32.4 Å². The molecule has 0 radical (unpaired) electrons. The van der Waals surface area contributed by atoms with E-state index in [2.05, 4.69) is 0 Å². The third-order valence-electron chi connectivity index (χ3n) is 5.23. The van der Waals surface area contributed by atoms with E-state index >= 15 is 0 Å². The summed E-state index contributed by atoms with van der Waals surface area (Å²) in [4.78, 5) is 53.1. The second-order valence-electron chi connectivity index (χ2n) is 6.96. The summed E-state index contributed by atoms with van der Waals surface area (Å²) in [5, 5.41) is 0. The van der Waals surface area contributed by atoms with Gasteiger partial charge in [0, 0.05) is 13.1 Å². The van der Waals surface area contributed by atoms with Gasteiger partial charge in [-0.25, -0.2) is 4.79 Å². The number of hydrogen-bond donors (Lipinski definition) is 0. The highest BCUT2D eigenvalue weighted by molar-refractivity contribution is 6.22. The van der Waals surface area contributed by atoms with Crippen molar-refractivity contribution in [3.63, 3.8) is 0 Å². The maximum absolute atomic E-state index is 12.8. The van der Waals surface area contributed by atoms with Crippen molar-refractivity contribution in [3.8, 4) is 0 Å². The van der Waals surface area contributed by atoms with Gasteiger partial charge in [0.25, 0.3) is 17.7 Å². The molecule has 3 rings (SSSR count). The van der Waals surface area contributed by atoms with E-state index in [9.17, 15) is 19.2 Å². The van der Waals surface area contributed by atoms with Crippen LogP contribution in [0.25, 0.3) is 0 Å². The zero-order chi connectivity index (χ0) is 20.3. The molecule has 8 nitrogen and oxygen atoms in total. The molecule has 2 unspecified atom stereocenters. The molecule has 0 bridgehead atoms. The maximum Gasteiger partial charge on any atom is 0.330 e. The molecule has 1 aromatic carbocycles. The van der Waals surface area contributed by atoms with Crippen LogP contribution in [0, 0.1) is 5.92 Å². The van der Waals surface area contributed by atoms with E-state index in [0.29, 0.717) is 32.7 Å². The lowest BCUT2D eigenvalue weighted by Gasteiger charge is -2.30. The molecule has 0 N–H and O–H groups in total. The molecule has 2 atom stereocenters. The van der Waals surface area contributed by atoms with Gasteiger partial charge in [0.15, 0.2) is 6.61 Å². The Labute approximate surface area is 163 Å². The molecule has 2 aliphatic rings. The number of morpholine rings is 1. The van der Waals surface area contributed by atoms with Gasteiger partial charge in [0.1, 0.15) is 6.04 Å². The van der Waals surface area contributed by atoms with Gasteiger partial charge in [-0.15, -0.1) is 0 Å². The van der Waals surface area contributed by atoms with Gasteiger partial charge in [-0.2, -0.15) is 0 Å². The SMILES string of the molecule is CCC(C)C(C(=O)OCC(=O)N1CCOCC1)N1C(=O)c2ccccc2C1=O. The molecule has 0 aromatic heterocycles. The first-order chi connectivity index (χ1) is 13.5. The minimum atomic E-state index is -1.07. The number of imide groups is 1. The topological polar surface area (TPSA) is 93.2 Å². The Morgan fingerprint density at radius 2 is 1.68 bits per heavy atom. The van der Waals surface area contributed by atoms with Crippen LogP contribution in [0.1, 0.15) is 41.0 Å². The lowest BCUT2D eigenvalue weighted by atomic mass is 9.97. The second-order valence-corrected chi connectivity index (χ2v) is 6.96. The quantitative estimate of drug-likeness (QED) is 0.535. The van der Waals surface area contributed by atoms with E-state index in [0.717, 1.165) is 4.90 Å². The number of fused-ring (bicyclic) bond motifs is 1. The zero-order valence-corrected chi connectivity index (χ0v) is 16.1. The summed E-state index contributed by atoms with van der Waals surface area (Å²) < 4.78 is 10.4. The first-order valence-electron chi connectivity index (χ1n) is 9.44. The van der Waals surface area contributed by atoms with E-state index in [4.69, 9.17) is 9.47 Å². The fourth-order valence-corrected chi connectivity index (χ4v) is 3.40. The van der Waals surface area contributed by atoms with Crippen molar-refractivity contribution in [3.05, 3.63) is 35.4 Å². The summed E-state index contributed by atoms with van der Waals surface area (Å²) >= 11 is 0. The van der Waals surface area contributed by atoms with E-state index in [1.165, 1.54) is 0 Å². The molecular weight excluding hydrogens is 364 g/mol. The zero-order valence-electron chi connectivity index (χ0n) is 16.1. The Balaban J connectivity index is 1.73. The van der Waals surface area contributed by atoms with Gasteiger partial charge in [-0.05, 0) is 18.1 Å². The number of esters is 1. The minimum Gasteiger partial charge on any atom is -0.454 e. The molecule has 2 aliphatic heterocycles. The summed E-state index contributed by atoms with van der Waals surface area (Å²) in [6, 6.07) is 5.40. The number of rotatable bonds is 6. The molecule has 150 valence electrons. The second kappa shape index (κ2) is 8.52. The largest absolute Gasteiger partial charge is 0.454 e. The predicted octanol–water partition coefficient (Wildman–Crippen LogP) is 1.10. The van der Waals surface area contributed by atoms with Gasteiger partial charge >= 0.3 is 5.97 Å². The number of carbonyl (C=O) groups excluding carboxylic acids is 4. The molecule has 8 heteroatoms. The highest BCUT2D eigenvalue weighted by Crippen LogP contribution is 2.28. The predicted molar refractivity (Wildman–Crippen MR) is 98.5 cm³/mol. The number of hydrogen-bond acceptors (Lipinski definition) is 6. The highest BCUT2D eigenvalue weighted by atomic mass is 16.5. The fraction of sp³-hybridized carbons (Fsp3) is 0.500. The van der Waals surface area contributed by atoms with Crippen LogP contribution in [-0.2, 0) is 19.1 Å². The molecule has 2 heterocycles. The van der Waals surface area contributed by atoms with Crippen LogP contribution >= 0.6 is 0 Å². The normalized spacial score (nSPS) is 18.6. The van der Waals surface area contributed by atoms with E-state index in [1.807, 2.05) is 6.92 Å². The number of carbonyl (C=O) groups is 4. The lowest BCUT2D eigenvalue weighted by Crippen LogP contribution is -2.50. The van der Waals surface area contributed by atoms with Crippen molar-refractivity contribution in [2.24, 2.45) is 5.92 Å². The van der Waals surface area contributed by atoms with Crippen LogP contribution in [0.5, 0.6) is 0 Å². The number of ether oxygens (including phenoxy) is 2. The smallest absolute Gasteiger partial charge is 0.330 e. The molecule has 0 saturated carbocycles. The first-order valence-corrected chi connectivity index (χ1v) is 9.44. The summed E-state index contributed by atoms with van der Waals surface area (Å²) in [5.41, 5.74) is 0.552. The van der Waals surface area contributed by atoms with Crippen molar-refractivity contribution in [1.82, 2.24) is 9.80 Å². The summed E-state index contributed by atoms with van der Waals surface area (Å²) in [6.45, 7) is 5.01. The summed E-state index contributed by atoms with van der Waals surface area (Å²) in [6.07, 6.45) is 0.560. The van der Waals surface area contributed by atoms with Crippen molar-refractivity contribution >= 4 is 23.7 Å². The van der Waals surface area contributed by atoms with Crippen LogP contribution in [0.4, 0.5) is 0 Å². The molecule has 0 spiro atoms. The molecule has 1 saturated heterocycles. The maximum atomic E-state index is 12.8. The Morgan fingerprint density at radius 1 is 1.11 bits per heavy atom. The van der Waals surface area contributed by atoms with Crippen LogP contribution in [0.2, 0.25) is 0 Å². The Kier molecular flexibility index (Phi) is 6.08. The summed E-state index contributed by atoms with van der Waals surface area (Å²) in [7, 11) is 0. The van der Waals surface area contributed by atoms with Crippen molar-refractivity contribution < 1.29 is 28.7 Å². The molecule has 3 amide bonds. The molecular formula is C20H24N2O6. The monoisotopic (exact) mass is 388 g/mol. The molecule has 0 aliphatic carbocycles. The lowest BCUT2D eigenvalue weighted by molar-refractivity contribution is -0.157. The highest BCUT2D eigenvalue weighted by Gasteiger charge is 2.45. The Bertz CT molecular complexity index is 752. The molecule has 1 fully saturated rings. The Hall–Kier alpha value is -2.74. The van der Waals surface area contributed by atoms with E-state index in [1.54, 1.807) is 36.1 Å². The number of benzene rings is 1. The Morgan fingerprint density at radius 3 is 2.21 bits per heavy atom. The van der Waals surface area contributed by atoms with Crippen LogP contribution in [0.15, 0.2) is 24.3 Å². The molecule has 1 aromatic rings. The van der Waals surface area contributed by atoms with Gasteiger partial charge in [0.2, 0.25) is 0 Å². The van der Waals surface area contributed by atoms with Crippen LogP contribution in [-0.4, -0.2) is 72.4 Å². The molecule has 28 heavy (non-hydrogen) atoms. The van der Waals surface area contributed by atoms with Crippen molar-refractivity contribution in [1.29, 1.82) is 0 Å². The minimum absolute atomic E-state index is 0.276. The standard InChI is InChI=1S/C20H24N2O6/c1-3-13(2)17(20(26)28-12-16(23)21-8-10-27-11-9-21)22-18(24)14-6-4-5-7-15(14)19(22)25/h4-7,13,17H,3,8-12H2,1-2H3. The van der Waals surface area contributed by atoms with Crippen LogP contribution < -0.4 is 0 Å². The van der Waals surface area contributed by atoms with Gasteiger partial charge < -0.3 is 14.4 Å². The average Bonchev–Trinajstić information content (AvgIpc) is 2.98. The van der Waals surface area contributed by atoms with Gasteiger partial charge in [-0.3, -0.25) is 19.3 Å².